The minimum atomic E-state index is -1.22. The zero-order chi connectivity index (χ0) is 11.0. The van der Waals surface area contributed by atoms with Crippen LogP contribution in [0.4, 0.5) is 0 Å². The highest BCUT2D eigenvalue weighted by Crippen LogP contribution is 2.15. The highest BCUT2D eigenvalue weighted by Gasteiger charge is 2.27. The number of nitrogens with zero attached hydrogens (tertiary/aromatic N) is 2. The molecule has 0 bridgehead atoms. The van der Waals surface area contributed by atoms with Crippen LogP contribution in [0.3, 0.4) is 0 Å². The van der Waals surface area contributed by atoms with E-state index < -0.39 is 11.9 Å². The zero-order valence-corrected chi connectivity index (χ0v) is 7.67. The third kappa shape index (κ3) is 1.57. The summed E-state index contributed by atoms with van der Waals surface area (Å²) >= 11 is 0. The molecule has 1 saturated heterocycles. The molecule has 1 aliphatic rings. The second kappa shape index (κ2) is 3.35. The van der Waals surface area contributed by atoms with E-state index >= 15 is 0 Å². The van der Waals surface area contributed by atoms with Gasteiger partial charge in [-0.25, -0.2) is 9.59 Å². The van der Waals surface area contributed by atoms with E-state index in [2.05, 4.69) is 10.4 Å². The van der Waals surface area contributed by atoms with Crippen molar-refractivity contribution in [2.75, 3.05) is 13.1 Å². The van der Waals surface area contributed by atoms with E-state index in [1.807, 2.05) is 0 Å². The van der Waals surface area contributed by atoms with Crippen molar-refractivity contribution in [2.24, 2.45) is 0 Å². The van der Waals surface area contributed by atoms with E-state index in [4.69, 9.17) is 10.2 Å². The number of carboxylic acid groups (broad SMARTS) is 2. The summed E-state index contributed by atoms with van der Waals surface area (Å²) < 4.78 is 1.25. The summed E-state index contributed by atoms with van der Waals surface area (Å²) in [7, 11) is 0. The van der Waals surface area contributed by atoms with Gasteiger partial charge in [0.05, 0.1) is 6.04 Å². The molecule has 7 heteroatoms. The van der Waals surface area contributed by atoms with Crippen LogP contribution in [0, 0.1) is 0 Å². The smallest absolute Gasteiger partial charge is 0.356 e. The number of carboxylic acids is 2. The summed E-state index contributed by atoms with van der Waals surface area (Å²) in [5.74, 6) is -2.38. The van der Waals surface area contributed by atoms with Gasteiger partial charge in [0.25, 0.3) is 0 Å². The average Bonchev–Trinajstić information content (AvgIpc) is 2.45. The Kier molecular flexibility index (Phi) is 2.16. The van der Waals surface area contributed by atoms with Crippen molar-refractivity contribution < 1.29 is 19.8 Å². The van der Waals surface area contributed by atoms with Crippen molar-refractivity contribution in [2.45, 2.75) is 6.04 Å². The first-order valence-electron chi connectivity index (χ1n) is 4.36. The third-order valence-electron chi connectivity index (χ3n) is 2.28. The fourth-order valence-electron chi connectivity index (χ4n) is 1.38. The monoisotopic (exact) mass is 211 g/mol. The van der Waals surface area contributed by atoms with Crippen LogP contribution < -0.4 is 5.32 Å². The number of hydrogen-bond acceptors (Lipinski definition) is 4. The molecule has 2 rings (SSSR count). The first-order valence-corrected chi connectivity index (χ1v) is 4.36. The highest BCUT2D eigenvalue weighted by molar-refractivity contribution is 5.91. The van der Waals surface area contributed by atoms with E-state index in [0.29, 0.717) is 13.1 Å². The van der Waals surface area contributed by atoms with Crippen LogP contribution in [0.2, 0.25) is 0 Å². The van der Waals surface area contributed by atoms with Crippen LogP contribution in [0.5, 0.6) is 0 Å². The Morgan fingerprint density at radius 1 is 1.40 bits per heavy atom. The van der Waals surface area contributed by atoms with Crippen molar-refractivity contribution in [1.82, 2.24) is 15.1 Å². The molecular weight excluding hydrogens is 202 g/mol. The maximum atomic E-state index is 10.8. The van der Waals surface area contributed by atoms with Crippen LogP contribution >= 0.6 is 0 Å². The molecule has 0 atom stereocenters. The molecule has 1 aromatic rings. The number of rotatable bonds is 3. The van der Waals surface area contributed by atoms with Gasteiger partial charge in [0, 0.05) is 19.2 Å². The fourth-order valence-corrected chi connectivity index (χ4v) is 1.38. The van der Waals surface area contributed by atoms with Gasteiger partial charge in [-0.1, -0.05) is 0 Å². The van der Waals surface area contributed by atoms with Crippen molar-refractivity contribution in [3.05, 3.63) is 17.5 Å². The molecule has 2 heterocycles. The van der Waals surface area contributed by atoms with E-state index in [0.717, 1.165) is 6.07 Å². The predicted octanol–water partition coefficient (Wildman–Crippen LogP) is -0.576. The zero-order valence-electron chi connectivity index (χ0n) is 7.67. The molecule has 0 spiro atoms. The van der Waals surface area contributed by atoms with Crippen LogP contribution in [0.1, 0.15) is 27.0 Å². The Morgan fingerprint density at radius 2 is 2.07 bits per heavy atom. The van der Waals surface area contributed by atoms with Gasteiger partial charge in [0.1, 0.15) is 5.69 Å². The van der Waals surface area contributed by atoms with Crippen molar-refractivity contribution >= 4 is 11.9 Å². The van der Waals surface area contributed by atoms with Gasteiger partial charge < -0.3 is 15.5 Å². The minimum absolute atomic E-state index is 0.0656. The summed E-state index contributed by atoms with van der Waals surface area (Å²) in [6.45, 7) is 1.22. The summed E-state index contributed by atoms with van der Waals surface area (Å²) in [5.41, 5.74) is -0.321. The van der Waals surface area contributed by atoms with Gasteiger partial charge in [-0.05, 0) is 0 Å². The lowest BCUT2D eigenvalue weighted by molar-refractivity contribution is 0.0669. The van der Waals surface area contributed by atoms with Gasteiger partial charge in [-0.2, -0.15) is 5.10 Å². The average molecular weight is 211 g/mol. The molecule has 0 unspecified atom stereocenters. The topological polar surface area (TPSA) is 104 Å². The Morgan fingerprint density at radius 3 is 2.47 bits per heavy atom. The Hall–Kier alpha value is -1.89. The van der Waals surface area contributed by atoms with Crippen LogP contribution in [-0.4, -0.2) is 45.0 Å². The quantitative estimate of drug-likeness (QED) is 0.618. The Bertz CT molecular complexity index is 422. The van der Waals surface area contributed by atoms with Crippen molar-refractivity contribution in [1.29, 1.82) is 0 Å². The molecule has 0 amide bonds. The number of hydrogen-bond donors (Lipinski definition) is 3. The lowest BCUT2D eigenvalue weighted by Crippen LogP contribution is -2.44. The van der Waals surface area contributed by atoms with Crippen molar-refractivity contribution in [3.63, 3.8) is 0 Å². The molecule has 0 saturated carbocycles. The van der Waals surface area contributed by atoms with E-state index in [1.54, 1.807) is 0 Å². The van der Waals surface area contributed by atoms with E-state index in [-0.39, 0.29) is 17.4 Å². The fraction of sp³-hybridized carbons (Fsp3) is 0.375. The van der Waals surface area contributed by atoms with E-state index in [1.165, 1.54) is 4.68 Å². The number of nitrogens with one attached hydrogen (secondary N) is 1. The van der Waals surface area contributed by atoms with Crippen LogP contribution in [0.25, 0.3) is 0 Å². The van der Waals surface area contributed by atoms with Gasteiger partial charge in [-0.15, -0.1) is 0 Å². The molecule has 0 aliphatic carbocycles. The van der Waals surface area contributed by atoms with E-state index in [9.17, 15) is 9.59 Å². The summed E-state index contributed by atoms with van der Waals surface area (Å²) in [5, 5.41) is 24.3. The lowest BCUT2D eigenvalue weighted by Gasteiger charge is -2.28. The standard InChI is InChI=1S/C8H9N3O4/c12-7(13)5-1-6(8(14)15)11(10-5)4-2-9-3-4/h1,4,9H,2-3H2,(H,12,13)(H,14,15). The minimum Gasteiger partial charge on any atom is -0.477 e. The first-order chi connectivity index (χ1) is 7.09. The van der Waals surface area contributed by atoms with Gasteiger partial charge >= 0.3 is 11.9 Å². The maximum Gasteiger partial charge on any atom is 0.356 e. The second-order valence-electron chi connectivity index (χ2n) is 3.28. The molecule has 0 radical (unpaired) electrons. The molecule has 15 heavy (non-hydrogen) atoms. The predicted molar refractivity (Wildman–Crippen MR) is 48.1 cm³/mol. The number of carbonyl (C=O) groups is 2. The largest absolute Gasteiger partial charge is 0.477 e. The first kappa shape index (κ1) is 9.66. The Labute approximate surface area is 84.3 Å². The second-order valence-corrected chi connectivity index (χ2v) is 3.28. The summed E-state index contributed by atoms with van der Waals surface area (Å²) in [4.78, 5) is 21.5. The normalized spacial score (nSPS) is 16.0. The van der Waals surface area contributed by atoms with Crippen molar-refractivity contribution in [3.8, 4) is 0 Å². The van der Waals surface area contributed by atoms with Gasteiger partial charge in [0.15, 0.2) is 5.69 Å². The molecular formula is C8H9N3O4. The summed E-state index contributed by atoms with van der Waals surface area (Å²) in [6.07, 6.45) is 0. The lowest BCUT2D eigenvalue weighted by atomic mass is 10.2. The highest BCUT2D eigenvalue weighted by atomic mass is 16.4. The molecule has 1 fully saturated rings. The SMILES string of the molecule is O=C(O)c1cc(C(=O)O)n(C2CNC2)n1. The van der Waals surface area contributed by atoms with Gasteiger partial charge in [-0.3, -0.25) is 4.68 Å². The molecule has 1 aromatic heterocycles. The van der Waals surface area contributed by atoms with Crippen LogP contribution in [0.15, 0.2) is 6.07 Å². The van der Waals surface area contributed by atoms with Gasteiger partial charge in [0.2, 0.25) is 0 Å². The number of aromatic nitrogens is 2. The Balaban J connectivity index is 2.41. The summed E-state index contributed by atoms with van der Waals surface area (Å²) in [6, 6.07) is 1.01. The van der Waals surface area contributed by atoms with Crippen LogP contribution in [-0.2, 0) is 0 Å². The molecule has 1 aliphatic heterocycles. The third-order valence-corrected chi connectivity index (χ3v) is 2.28. The molecule has 0 aromatic carbocycles. The maximum absolute atomic E-state index is 10.8. The molecule has 3 N–H and O–H groups in total. The number of aromatic carboxylic acids is 2. The molecule has 80 valence electrons. The molecule has 7 nitrogen and oxygen atoms in total.